The minimum absolute atomic E-state index is 0.0538. The van der Waals surface area contributed by atoms with Crippen LogP contribution in [0.5, 0.6) is 0 Å². The standard InChI is InChI=1S/C15H14BrF2N3/c16-13-10(2-3-11(17)14(13)18)15-20-7-9-5-8(6-19)1-4-12(9)21-15/h2-3,7-8H,1,4-6,19H2. The molecule has 0 saturated carbocycles. The Morgan fingerprint density at radius 1 is 1.33 bits per heavy atom. The maximum absolute atomic E-state index is 13.6. The molecule has 0 radical (unpaired) electrons. The van der Waals surface area contributed by atoms with Crippen molar-refractivity contribution in [2.24, 2.45) is 11.7 Å². The average molecular weight is 354 g/mol. The van der Waals surface area contributed by atoms with Crippen molar-refractivity contribution in [3.05, 3.63) is 45.7 Å². The van der Waals surface area contributed by atoms with E-state index in [0.29, 0.717) is 23.9 Å². The Kier molecular flexibility index (Phi) is 3.99. The molecule has 0 aliphatic heterocycles. The van der Waals surface area contributed by atoms with Crippen molar-refractivity contribution in [2.45, 2.75) is 19.3 Å². The van der Waals surface area contributed by atoms with Crippen molar-refractivity contribution in [3.63, 3.8) is 0 Å². The lowest BCUT2D eigenvalue weighted by molar-refractivity contribution is 0.462. The number of halogens is 3. The topological polar surface area (TPSA) is 51.8 Å². The largest absolute Gasteiger partial charge is 0.330 e. The zero-order valence-electron chi connectivity index (χ0n) is 11.2. The smallest absolute Gasteiger partial charge is 0.173 e. The molecule has 3 rings (SSSR count). The summed E-state index contributed by atoms with van der Waals surface area (Å²) in [7, 11) is 0. The second kappa shape index (κ2) is 5.77. The summed E-state index contributed by atoms with van der Waals surface area (Å²) in [6, 6.07) is 2.57. The van der Waals surface area contributed by atoms with Crippen LogP contribution in [0.25, 0.3) is 11.4 Å². The number of benzene rings is 1. The fourth-order valence-corrected chi connectivity index (χ4v) is 3.11. The Hall–Kier alpha value is -1.40. The van der Waals surface area contributed by atoms with E-state index in [1.54, 1.807) is 6.20 Å². The van der Waals surface area contributed by atoms with E-state index in [1.807, 2.05) is 0 Å². The van der Waals surface area contributed by atoms with Crippen LogP contribution < -0.4 is 5.73 Å². The van der Waals surface area contributed by atoms with Crippen molar-refractivity contribution in [2.75, 3.05) is 6.54 Å². The molecule has 1 heterocycles. The van der Waals surface area contributed by atoms with Gasteiger partial charge in [0, 0.05) is 17.5 Å². The van der Waals surface area contributed by atoms with Gasteiger partial charge in [-0.15, -0.1) is 0 Å². The van der Waals surface area contributed by atoms with Crippen LogP contribution in [0.15, 0.2) is 22.8 Å². The third-order valence-electron chi connectivity index (χ3n) is 3.86. The summed E-state index contributed by atoms with van der Waals surface area (Å²) in [4.78, 5) is 8.80. The first-order chi connectivity index (χ1) is 10.1. The van der Waals surface area contributed by atoms with Gasteiger partial charge in [0.2, 0.25) is 0 Å². The number of aromatic nitrogens is 2. The Morgan fingerprint density at radius 2 is 2.14 bits per heavy atom. The first kappa shape index (κ1) is 14.5. The molecule has 1 unspecified atom stereocenters. The maximum Gasteiger partial charge on any atom is 0.173 e. The van der Waals surface area contributed by atoms with Gasteiger partial charge in [0.15, 0.2) is 17.5 Å². The fraction of sp³-hybridized carbons (Fsp3) is 0.333. The molecule has 0 amide bonds. The third-order valence-corrected chi connectivity index (χ3v) is 4.64. The minimum atomic E-state index is -0.919. The molecule has 6 heteroatoms. The first-order valence-electron chi connectivity index (χ1n) is 6.79. The third kappa shape index (κ3) is 2.70. The fourth-order valence-electron chi connectivity index (χ4n) is 2.61. The molecule has 0 saturated heterocycles. The molecule has 1 aromatic carbocycles. The Labute approximate surface area is 129 Å². The highest BCUT2D eigenvalue weighted by molar-refractivity contribution is 9.10. The van der Waals surface area contributed by atoms with Gasteiger partial charge in [-0.3, -0.25) is 0 Å². The Balaban J connectivity index is 2.00. The number of rotatable bonds is 2. The van der Waals surface area contributed by atoms with E-state index in [1.165, 1.54) is 6.07 Å². The average Bonchev–Trinajstić information content (AvgIpc) is 2.52. The summed E-state index contributed by atoms with van der Waals surface area (Å²) in [5.74, 6) is -0.931. The number of nitrogens with two attached hydrogens (primary N) is 1. The van der Waals surface area contributed by atoms with Crippen LogP contribution in [0.3, 0.4) is 0 Å². The summed E-state index contributed by atoms with van der Waals surface area (Å²) < 4.78 is 26.8. The predicted octanol–water partition coefficient (Wildman–Crippen LogP) is 3.25. The molecule has 2 N–H and O–H groups in total. The van der Waals surface area contributed by atoms with Crippen LogP contribution in [-0.4, -0.2) is 16.5 Å². The first-order valence-corrected chi connectivity index (χ1v) is 7.58. The van der Waals surface area contributed by atoms with E-state index >= 15 is 0 Å². The van der Waals surface area contributed by atoms with Gasteiger partial charge in [0.25, 0.3) is 0 Å². The summed E-state index contributed by atoms with van der Waals surface area (Å²) in [6.45, 7) is 0.663. The number of aryl methyl sites for hydroxylation is 1. The van der Waals surface area contributed by atoms with Crippen molar-refractivity contribution >= 4 is 15.9 Å². The van der Waals surface area contributed by atoms with Gasteiger partial charge >= 0.3 is 0 Å². The lowest BCUT2D eigenvalue weighted by Gasteiger charge is -2.22. The minimum Gasteiger partial charge on any atom is -0.330 e. The van der Waals surface area contributed by atoms with Gasteiger partial charge < -0.3 is 5.73 Å². The van der Waals surface area contributed by atoms with Gasteiger partial charge in [0.1, 0.15) is 0 Å². The van der Waals surface area contributed by atoms with Crippen LogP contribution in [0, 0.1) is 17.6 Å². The summed E-state index contributed by atoms with van der Waals surface area (Å²) in [5, 5.41) is 0. The number of hydrogen-bond acceptors (Lipinski definition) is 3. The SMILES string of the molecule is NCC1CCc2nc(-c3ccc(F)c(F)c3Br)ncc2C1. The normalized spacial score (nSPS) is 17.6. The molecule has 110 valence electrons. The predicted molar refractivity (Wildman–Crippen MR) is 79.7 cm³/mol. The van der Waals surface area contributed by atoms with Crippen LogP contribution >= 0.6 is 15.9 Å². The summed E-state index contributed by atoms with van der Waals surface area (Å²) in [6.07, 6.45) is 4.49. The second-order valence-electron chi connectivity index (χ2n) is 5.23. The van der Waals surface area contributed by atoms with Gasteiger partial charge in [-0.05, 0) is 65.4 Å². The lowest BCUT2D eigenvalue weighted by atomic mass is 9.87. The quantitative estimate of drug-likeness (QED) is 0.843. The maximum atomic E-state index is 13.6. The van der Waals surface area contributed by atoms with Crippen molar-refractivity contribution < 1.29 is 8.78 Å². The van der Waals surface area contributed by atoms with E-state index in [4.69, 9.17) is 5.73 Å². The second-order valence-corrected chi connectivity index (χ2v) is 6.03. The molecule has 21 heavy (non-hydrogen) atoms. The van der Waals surface area contributed by atoms with E-state index < -0.39 is 11.6 Å². The van der Waals surface area contributed by atoms with Crippen LogP contribution in [0.1, 0.15) is 17.7 Å². The molecule has 1 aliphatic carbocycles. The Morgan fingerprint density at radius 3 is 2.90 bits per heavy atom. The van der Waals surface area contributed by atoms with Crippen molar-refractivity contribution in [1.82, 2.24) is 9.97 Å². The summed E-state index contributed by atoms with van der Waals surface area (Å²) >= 11 is 3.07. The van der Waals surface area contributed by atoms with Crippen molar-refractivity contribution in [3.8, 4) is 11.4 Å². The van der Waals surface area contributed by atoms with Crippen LogP contribution in [-0.2, 0) is 12.8 Å². The molecule has 1 atom stereocenters. The number of nitrogens with zero attached hydrogens (tertiary/aromatic N) is 2. The zero-order chi connectivity index (χ0) is 15.0. The highest BCUT2D eigenvalue weighted by Crippen LogP contribution is 2.31. The molecule has 1 aromatic heterocycles. The number of fused-ring (bicyclic) bond motifs is 1. The Bertz CT molecular complexity index is 691. The van der Waals surface area contributed by atoms with Gasteiger partial charge in [-0.25, -0.2) is 18.7 Å². The molecule has 0 spiro atoms. The molecule has 1 aliphatic rings. The molecule has 3 nitrogen and oxygen atoms in total. The van der Waals surface area contributed by atoms with E-state index in [2.05, 4.69) is 25.9 Å². The highest BCUT2D eigenvalue weighted by atomic mass is 79.9. The monoisotopic (exact) mass is 353 g/mol. The molecule has 0 fully saturated rings. The van der Waals surface area contributed by atoms with E-state index in [-0.39, 0.29) is 4.47 Å². The lowest BCUT2D eigenvalue weighted by Crippen LogP contribution is -2.23. The summed E-state index contributed by atoms with van der Waals surface area (Å²) in [5.41, 5.74) is 8.23. The van der Waals surface area contributed by atoms with E-state index in [9.17, 15) is 8.78 Å². The van der Waals surface area contributed by atoms with Crippen molar-refractivity contribution in [1.29, 1.82) is 0 Å². The van der Waals surface area contributed by atoms with Crippen LogP contribution in [0.2, 0.25) is 0 Å². The van der Waals surface area contributed by atoms with Gasteiger partial charge in [-0.2, -0.15) is 0 Å². The molecule has 2 aromatic rings. The van der Waals surface area contributed by atoms with Crippen LogP contribution in [0.4, 0.5) is 8.78 Å². The van der Waals surface area contributed by atoms with E-state index in [0.717, 1.165) is 36.6 Å². The molecular weight excluding hydrogens is 340 g/mol. The zero-order valence-corrected chi connectivity index (χ0v) is 12.8. The van der Waals surface area contributed by atoms with Gasteiger partial charge in [-0.1, -0.05) is 0 Å². The molecular formula is C15H14BrF2N3. The molecule has 0 bridgehead atoms. The highest BCUT2D eigenvalue weighted by Gasteiger charge is 2.21. The number of hydrogen-bond donors (Lipinski definition) is 1. The van der Waals surface area contributed by atoms with Gasteiger partial charge in [0.05, 0.1) is 4.47 Å².